The van der Waals surface area contributed by atoms with E-state index in [2.05, 4.69) is 42.4 Å². The van der Waals surface area contributed by atoms with Crippen LogP contribution in [0.4, 0.5) is 0 Å². The first-order valence-electron chi connectivity index (χ1n) is 6.66. The zero-order valence-electron chi connectivity index (χ0n) is 11.2. The summed E-state index contributed by atoms with van der Waals surface area (Å²) in [5, 5.41) is 7.89. The maximum Gasteiger partial charge on any atom is 0.0537 e. The van der Waals surface area contributed by atoms with Gasteiger partial charge in [0.2, 0.25) is 0 Å². The van der Waals surface area contributed by atoms with Crippen LogP contribution in [0.25, 0.3) is 0 Å². The van der Waals surface area contributed by atoms with Crippen molar-refractivity contribution in [3.8, 4) is 0 Å². The highest BCUT2D eigenvalue weighted by Crippen LogP contribution is 2.19. The van der Waals surface area contributed by atoms with E-state index >= 15 is 0 Å². The van der Waals surface area contributed by atoms with Crippen LogP contribution in [0.5, 0.6) is 0 Å². The van der Waals surface area contributed by atoms with Gasteiger partial charge in [0.05, 0.1) is 6.20 Å². The minimum atomic E-state index is 0.442. The number of nitrogens with zero attached hydrogens (tertiary/aromatic N) is 3. The molecular weight excluding hydrogens is 212 g/mol. The Hall–Kier alpha value is -0.870. The molecule has 2 heterocycles. The molecule has 1 N–H and O–H groups in total. The summed E-state index contributed by atoms with van der Waals surface area (Å²) >= 11 is 0. The molecule has 2 atom stereocenters. The van der Waals surface area contributed by atoms with E-state index in [1.54, 1.807) is 0 Å². The number of nitrogens with one attached hydrogen (secondary N) is 1. The lowest BCUT2D eigenvalue weighted by Crippen LogP contribution is -2.36. The van der Waals surface area contributed by atoms with E-state index in [0.29, 0.717) is 12.1 Å². The third-order valence-corrected chi connectivity index (χ3v) is 3.79. The third kappa shape index (κ3) is 3.07. The van der Waals surface area contributed by atoms with Gasteiger partial charge in [0, 0.05) is 36.9 Å². The molecule has 4 nitrogen and oxygen atoms in total. The molecule has 0 amide bonds. The maximum atomic E-state index is 4.34. The van der Waals surface area contributed by atoms with Crippen LogP contribution in [0.15, 0.2) is 12.4 Å². The highest BCUT2D eigenvalue weighted by molar-refractivity contribution is 5.09. The average Bonchev–Trinajstić information content (AvgIpc) is 2.98. The molecule has 96 valence electrons. The highest BCUT2D eigenvalue weighted by atomic mass is 15.3. The zero-order valence-corrected chi connectivity index (χ0v) is 11.2. The summed E-state index contributed by atoms with van der Waals surface area (Å²) in [4.78, 5) is 2.42. The number of hydrogen-bond acceptors (Lipinski definition) is 3. The van der Waals surface area contributed by atoms with Gasteiger partial charge in [0.1, 0.15) is 0 Å². The largest absolute Gasteiger partial charge is 0.313 e. The van der Waals surface area contributed by atoms with Crippen LogP contribution in [0.3, 0.4) is 0 Å². The summed E-state index contributed by atoms with van der Waals surface area (Å²) in [6.07, 6.45) is 6.78. The fraction of sp³-hybridized carbons (Fsp3) is 0.769. The highest BCUT2D eigenvalue weighted by Gasteiger charge is 2.20. The maximum absolute atomic E-state index is 4.34. The lowest BCUT2D eigenvalue weighted by molar-refractivity contribution is 0.238. The normalized spacial score (nSPS) is 22.2. The number of rotatable bonds is 5. The van der Waals surface area contributed by atoms with Crippen molar-refractivity contribution in [2.45, 2.75) is 45.3 Å². The summed E-state index contributed by atoms with van der Waals surface area (Å²) in [6.45, 7) is 7.62. The van der Waals surface area contributed by atoms with Gasteiger partial charge in [-0.15, -0.1) is 0 Å². The van der Waals surface area contributed by atoms with Gasteiger partial charge in [-0.1, -0.05) is 0 Å². The van der Waals surface area contributed by atoms with Crippen molar-refractivity contribution >= 4 is 0 Å². The second-order valence-corrected chi connectivity index (χ2v) is 5.04. The van der Waals surface area contributed by atoms with Gasteiger partial charge in [0.15, 0.2) is 0 Å². The molecule has 1 aliphatic heterocycles. The van der Waals surface area contributed by atoms with Crippen molar-refractivity contribution < 1.29 is 0 Å². The van der Waals surface area contributed by atoms with E-state index in [0.717, 1.165) is 13.1 Å². The minimum absolute atomic E-state index is 0.442. The van der Waals surface area contributed by atoms with Crippen LogP contribution in [0.2, 0.25) is 0 Å². The topological polar surface area (TPSA) is 33.1 Å². The number of hydrogen-bond donors (Lipinski definition) is 1. The molecule has 0 bridgehead atoms. The Labute approximate surface area is 104 Å². The molecule has 0 aliphatic carbocycles. The lowest BCUT2D eigenvalue weighted by atomic mass is 10.1. The zero-order chi connectivity index (χ0) is 12.3. The fourth-order valence-corrected chi connectivity index (χ4v) is 2.44. The van der Waals surface area contributed by atoms with Crippen LogP contribution >= 0.6 is 0 Å². The molecular formula is C13H24N4. The van der Waals surface area contributed by atoms with E-state index in [1.165, 1.54) is 24.9 Å². The summed E-state index contributed by atoms with van der Waals surface area (Å²) in [5.74, 6) is 0. The van der Waals surface area contributed by atoms with Gasteiger partial charge in [-0.05, 0) is 40.3 Å². The molecule has 0 saturated carbocycles. The van der Waals surface area contributed by atoms with Crippen molar-refractivity contribution in [1.82, 2.24) is 20.0 Å². The van der Waals surface area contributed by atoms with Crippen LogP contribution in [0, 0.1) is 0 Å². The lowest BCUT2D eigenvalue weighted by Gasteiger charge is -2.26. The van der Waals surface area contributed by atoms with Crippen molar-refractivity contribution in [2.75, 3.05) is 20.1 Å². The first-order chi connectivity index (χ1) is 8.20. The van der Waals surface area contributed by atoms with Crippen LogP contribution in [-0.4, -0.2) is 40.9 Å². The van der Waals surface area contributed by atoms with Crippen LogP contribution in [0.1, 0.15) is 38.3 Å². The van der Waals surface area contributed by atoms with Crippen molar-refractivity contribution in [1.29, 1.82) is 0 Å². The Morgan fingerprint density at radius 1 is 1.65 bits per heavy atom. The molecule has 2 rings (SSSR count). The second-order valence-electron chi connectivity index (χ2n) is 5.04. The molecule has 4 heteroatoms. The molecule has 1 saturated heterocycles. The minimum Gasteiger partial charge on any atom is -0.313 e. The van der Waals surface area contributed by atoms with E-state index in [9.17, 15) is 0 Å². The van der Waals surface area contributed by atoms with E-state index in [1.807, 2.05) is 10.9 Å². The molecule has 1 aromatic rings. The Balaban J connectivity index is 1.91. The van der Waals surface area contributed by atoms with Crippen molar-refractivity contribution in [3.63, 3.8) is 0 Å². The number of aromatic nitrogens is 2. The van der Waals surface area contributed by atoms with Crippen molar-refractivity contribution in [2.24, 2.45) is 0 Å². The van der Waals surface area contributed by atoms with Gasteiger partial charge in [-0.2, -0.15) is 5.10 Å². The molecule has 0 radical (unpaired) electrons. The van der Waals surface area contributed by atoms with Crippen LogP contribution < -0.4 is 5.32 Å². The van der Waals surface area contributed by atoms with Gasteiger partial charge in [0.25, 0.3) is 0 Å². The molecule has 17 heavy (non-hydrogen) atoms. The summed E-state index contributed by atoms with van der Waals surface area (Å²) in [5.41, 5.74) is 1.31. The fourth-order valence-electron chi connectivity index (χ4n) is 2.44. The number of likely N-dealkylation sites (N-methyl/N-ethyl adjacent to an activating group) is 1. The van der Waals surface area contributed by atoms with Gasteiger partial charge in [-0.25, -0.2) is 0 Å². The predicted octanol–water partition coefficient (Wildman–Crippen LogP) is 1.65. The van der Waals surface area contributed by atoms with Gasteiger partial charge >= 0.3 is 0 Å². The second kappa shape index (κ2) is 5.65. The Bertz CT molecular complexity index is 341. The summed E-state index contributed by atoms with van der Waals surface area (Å²) in [7, 11) is 2.20. The van der Waals surface area contributed by atoms with E-state index in [-0.39, 0.29) is 0 Å². The molecule has 0 aromatic carbocycles. The summed E-state index contributed by atoms with van der Waals surface area (Å²) in [6, 6.07) is 1.11. The van der Waals surface area contributed by atoms with E-state index < -0.39 is 0 Å². The molecule has 1 aromatic heterocycles. The molecule has 1 fully saturated rings. The van der Waals surface area contributed by atoms with Crippen molar-refractivity contribution in [3.05, 3.63) is 18.0 Å². The number of aryl methyl sites for hydroxylation is 1. The van der Waals surface area contributed by atoms with Gasteiger partial charge < -0.3 is 5.32 Å². The Morgan fingerprint density at radius 3 is 3.06 bits per heavy atom. The molecule has 1 aliphatic rings. The first kappa shape index (κ1) is 12.6. The third-order valence-electron chi connectivity index (χ3n) is 3.79. The quantitative estimate of drug-likeness (QED) is 0.844. The SMILES string of the molecule is CCn1cc(C(C)N(C)CC2CCCN2)cn1. The standard InChI is InChI=1S/C13H24N4/c1-4-17-9-12(8-15-17)11(2)16(3)10-13-6-5-7-14-13/h8-9,11,13-14H,4-7,10H2,1-3H3. The van der Waals surface area contributed by atoms with Gasteiger partial charge in [-0.3, -0.25) is 9.58 Å². The Morgan fingerprint density at radius 2 is 2.47 bits per heavy atom. The van der Waals surface area contributed by atoms with Crippen LogP contribution in [-0.2, 0) is 6.54 Å². The average molecular weight is 236 g/mol. The Kier molecular flexibility index (Phi) is 4.18. The van der Waals surface area contributed by atoms with E-state index in [4.69, 9.17) is 0 Å². The summed E-state index contributed by atoms with van der Waals surface area (Å²) < 4.78 is 1.99. The molecule has 0 spiro atoms. The predicted molar refractivity (Wildman–Crippen MR) is 70.0 cm³/mol. The smallest absolute Gasteiger partial charge is 0.0537 e. The first-order valence-corrected chi connectivity index (χ1v) is 6.66. The molecule has 2 unspecified atom stereocenters. The monoisotopic (exact) mass is 236 g/mol.